The molecule has 0 spiro atoms. The summed E-state index contributed by atoms with van der Waals surface area (Å²) in [6.45, 7) is 2.05. The van der Waals surface area contributed by atoms with E-state index in [0.717, 1.165) is 48.9 Å². The second-order valence-corrected chi connectivity index (χ2v) is 5.25. The first kappa shape index (κ1) is 12.9. The standard InChI is InChI=1S/C16H19N3O/c1-2-11-7-3-4-8-12(11)16(20)19-15(17)13-9-5-6-10-14(13)18-19/h3-4,7-8H,2,5-6,9-10,17H2,1H3. The highest BCUT2D eigenvalue weighted by molar-refractivity contribution is 5.98. The predicted octanol–water partition coefficient (Wildman–Crippen LogP) is 2.60. The number of carbonyl (C=O) groups is 1. The van der Waals surface area contributed by atoms with Gasteiger partial charge in [0.15, 0.2) is 0 Å². The van der Waals surface area contributed by atoms with Crippen LogP contribution in [0.2, 0.25) is 0 Å². The number of fused-ring (bicyclic) bond motifs is 1. The van der Waals surface area contributed by atoms with Crippen molar-refractivity contribution in [3.05, 3.63) is 46.6 Å². The van der Waals surface area contributed by atoms with Gasteiger partial charge in [0.1, 0.15) is 5.82 Å². The molecule has 0 amide bonds. The van der Waals surface area contributed by atoms with Crippen LogP contribution in [0.5, 0.6) is 0 Å². The van der Waals surface area contributed by atoms with Crippen molar-refractivity contribution < 1.29 is 4.79 Å². The van der Waals surface area contributed by atoms with Gasteiger partial charge in [0.05, 0.1) is 5.69 Å². The summed E-state index contributed by atoms with van der Waals surface area (Å²) in [6.07, 6.45) is 4.94. The quantitative estimate of drug-likeness (QED) is 0.911. The van der Waals surface area contributed by atoms with E-state index in [9.17, 15) is 4.79 Å². The van der Waals surface area contributed by atoms with Crippen molar-refractivity contribution in [3.8, 4) is 0 Å². The highest BCUT2D eigenvalue weighted by atomic mass is 16.2. The molecule has 1 aromatic heterocycles. The summed E-state index contributed by atoms with van der Waals surface area (Å²) in [5, 5.41) is 4.44. The van der Waals surface area contributed by atoms with Crippen LogP contribution in [0, 0.1) is 0 Å². The Balaban J connectivity index is 2.05. The Labute approximate surface area is 118 Å². The molecule has 0 saturated heterocycles. The molecule has 1 heterocycles. The van der Waals surface area contributed by atoms with E-state index >= 15 is 0 Å². The van der Waals surface area contributed by atoms with Gasteiger partial charge in [-0.1, -0.05) is 25.1 Å². The number of nitrogen functional groups attached to an aromatic ring is 1. The Kier molecular flexibility index (Phi) is 3.30. The Morgan fingerprint density at radius 2 is 2.05 bits per heavy atom. The van der Waals surface area contributed by atoms with Gasteiger partial charge >= 0.3 is 0 Å². The second kappa shape index (κ2) is 5.12. The van der Waals surface area contributed by atoms with Gasteiger partial charge in [-0.05, 0) is 43.7 Å². The topological polar surface area (TPSA) is 60.9 Å². The van der Waals surface area contributed by atoms with E-state index in [4.69, 9.17) is 5.73 Å². The Bertz CT molecular complexity index is 658. The first-order chi connectivity index (χ1) is 9.72. The summed E-state index contributed by atoms with van der Waals surface area (Å²) in [5.74, 6) is 0.407. The van der Waals surface area contributed by atoms with Crippen LogP contribution in [0.25, 0.3) is 0 Å². The molecule has 2 aromatic rings. The molecule has 0 atom stereocenters. The van der Waals surface area contributed by atoms with Gasteiger partial charge in [-0.2, -0.15) is 9.78 Å². The first-order valence-electron chi connectivity index (χ1n) is 7.21. The molecule has 2 N–H and O–H groups in total. The van der Waals surface area contributed by atoms with Crippen LogP contribution >= 0.6 is 0 Å². The molecular weight excluding hydrogens is 250 g/mol. The SMILES string of the molecule is CCc1ccccc1C(=O)n1nc2c(c1N)CCCC2. The van der Waals surface area contributed by atoms with Crippen LogP contribution in [0.15, 0.2) is 24.3 Å². The number of hydrogen-bond donors (Lipinski definition) is 1. The molecule has 0 aliphatic heterocycles. The van der Waals surface area contributed by atoms with Crippen molar-refractivity contribution in [1.82, 2.24) is 9.78 Å². The van der Waals surface area contributed by atoms with Gasteiger partial charge in [-0.15, -0.1) is 0 Å². The molecule has 3 rings (SSSR count). The number of benzene rings is 1. The summed E-state index contributed by atoms with van der Waals surface area (Å²) in [7, 11) is 0. The fraction of sp³-hybridized carbons (Fsp3) is 0.375. The number of aromatic nitrogens is 2. The third kappa shape index (κ3) is 2.01. The molecule has 1 aliphatic rings. The lowest BCUT2D eigenvalue weighted by molar-refractivity contribution is 0.0946. The zero-order valence-corrected chi connectivity index (χ0v) is 11.7. The minimum atomic E-state index is -0.116. The van der Waals surface area contributed by atoms with Gasteiger partial charge < -0.3 is 5.73 Å². The zero-order chi connectivity index (χ0) is 14.1. The fourth-order valence-corrected chi connectivity index (χ4v) is 2.88. The maximum absolute atomic E-state index is 12.7. The van der Waals surface area contributed by atoms with E-state index in [0.29, 0.717) is 11.4 Å². The highest BCUT2D eigenvalue weighted by Crippen LogP contribution is 2.26. The van der Waals surface area contributed by atoms with E-state index < -0.39 is 0 Å². The summed E-state index contributed by atoms with van der Waals surface area (Å²) < 4.78 is 1.39. The maximum atomic E-state index is 12.7. The van der Waals surface area contributed by atoms with Crippen molar-refractivity contribution in [2.45, 2.75) is 39.0 Å². The number of carbonyl (C=O) groups excluding carboxylic acids is 1. The molecule has 0 radical (unpaired) electrons. The van der Waals surface area contributed by atoms with Gasteiger partial charge in [-0.3, -0.25) is 4.79 Å². The smallest absolute Gasteiger partial charge is 0.280 e. The number of rotatable bonds is 2. The summed E-state index contributed by atoms with van der Waals surface area (Å²) in [6, 6.07) is 7.66. The van der Waals surface area contributed by atoms with Gasteiger partial charge in [0.2, 0.25) is 0 Å². The van der Waals surface area contributed by atoms with Crippen molar-refractivity contribution in [1.29, 1.82) is 0 Å². The second-order valence-electron chi connectivity index (χ2n) is 5.25. The van der Waals surface area contributed by atoms with Crippen LogP contribution in [-0.4, -0.2) is 15.7 Å². The molecule has 0 bridgehead atoms. The molecule has 104 valence electrons. The Hall–Kier alpha value is -2.10. The van der Waals surface area contributed by atoms with Crippen LogP contribution in [0.4, 0.5) is 5.82 Å². The van der Waals surface area contributed by atoms with E-state index in [2.05, 4.69) is 5.10 Å². The van der Waals surface area contributed by atoms with Crippen molar-refractivity contribution in [3.63, 3.8) is 0 Å². The number of hydrogen-bond acceptors (Lipinski definition) is 3. The molecule has 0 fully saturated rings. The molecule has 4 nitrogen and oxygen atoms in total. The average Bonchev–Trinajstić information content (AvgIpc) is 2.84. The van der Waals surface area contributed by atoms with Gasteiger partial charge in [0.25, 0.3) is 5.91 Å². The van der Waals surface area contributed by atoms with Crippen LogP contribution in [-0.2, 0) is 19.3 Å². The lowest BCUT2D eigenvalue weighted by atomic mass is 9.98. The van der Waals surface area contributed by atoms with Crippen molar-refractivity contribution in [2.75, 3.05) is 5.73 Å². The van der Waals surface area contributed by atoms with E-state index in [-0.39, 0.29) is 5.91 Å². The highest BCUT2D eigenvalue weighted by Gasteiger charge is 2.23. The van der Waals surface area contributed by atoms with Crippen LogP contribution in [0.1, 0.15) is 46.9 Å². The molecule has 0 unspecified atom stereocenters. The van der Waals surface area contributed by atoms with E-state index in [1.807, 2.05) is 31.2 Å². The normalized spacial score (nSPS) is 14.1. The lowest BCUT2D eigenvalue weighted by Crippen LogP contribution is -2.18. The minimum Gasteiger partial charge on any atom is -0.383 e. The van der Waals surface area contributed by atoms with Crippen molar-refractivity contribution in [2.24, 2.45) is 0 Å². The average molecular weight is 269 g/mol. The van der Waals surface area contributed by atoms with Crippen molar-refractivity contribution >= 4 is 11.7 Å². The van der Waals surface area contributed by atoms with Gasteiger partial charge in [0, 0.05) is 11.1 Å². The van der Waals surface area contributed by atoms with Crippen LogP contribution in [0.3, 0.4) is 0 Å². The number of aryl methyl sites for hydroxylation is 2. The third-order valence-electron chi connectivity index (χ3n) is 4.02. The Morgan fingerprint density at radius 1 is 1.30 bits per heavy atom. The zero-order valence-electron chi connectivity index (χ0n) is 11.7. The molecule has 1 aromatic carbocycles. The Morgan fingerprint density at radius 3 is 2.80 bits per heavy atom. The van der Waals surface area contributed by atoms with Crippen LogP contribution < -0.4 is 5.73 Å². The monoisotopic (exact) mass is 269 g/mol. The van der Waals surface area contributed by atoms with E-state index in [1.54, 1.807) is 0 Å². The largest absolute Gasteiger partial charge is 0.383 e. The third-order valence-corrected chi connectivity index (χ3v) is 4.02. The molecule has 20 heavy (non-hydrogen) atoms. The van der Waals surface area contributed by atoms with Gasteiger partial charge in [-0.25, -0.2) is 0 Å². The lowest BCUT2D eigenvalue weighted by Gasteiger charge is -2.09. The fourth-order valence-electron chi connectivity index (χ4n) is 2.88. The molecule has 1 aliphatic carbocycles. The number of anilines is 1. The molecule has 4 heteroatoms. The minimum absolute atomic E-state index is 0.116. The molecule has 0 saturated carbocycles. The first-order valence-corrected chi connectivity index (χ1v) is 7.21. The summed E-state index contributed by atoms with van der Waals surface area (Å²) in [4.78, 5) is 12.7. The number of nitrogens with two attached hydrogens (primary N) is 1. The maximum Gasteiger partial charge on any atom is 0.280 e. The predicted molar refractivity (Wildman–Crippen MR) is 78.8 cm³/mol. The number of nitrogens with zero attached hydrogens (tertiary/aromatic N) is 2. The summed E-state index contributed by atoms with van der Waals surface area (Å²) >= 11 is 0. The summed E-state index contributed by atoms with van der Waals surface area (Å²) in [5.41, 5.74) is 9.93. The molecular formula is C16H19N3O. The van der Waals surface area contributed by atoms with E-state index in [1.165, 1.54) is 4.68 Å².